The van der Waals surface area contributed by atoms with E-state index in [-0.39, 0.29) is 30.5 Å². The Labute approximate surface area is 107 Å². The van der Waals surface area contributed by atoms with Crippen molar-refractivity contribution in [3.8, 4) is 0 Å². The van der Waals surface area contributed by atoms with Crippen molar-refractivity contribution < 1.29 is 19.4 Å². The molecule has 2 amide bonds. The van der Waals surface area contributed by atoms with Crippen LogP contribution in [0.25, 0.3) is 0 Å². The second kappa shape index (κ2) is 7.20. The first-order chi connectivity index (χ1) is 8.52. The van der Waals surface area contributed by atoms with Gasteiger partial charge >= 0.3 is 12.0 Å². The number of carbonyl (C=O) groups is 2. The Kier molecular flexibility index (Phi) is 5.91. The Hall–Kier alpha value is -1.30. The maximum atomic E-state index is 11.6. The summed E-state index contributed by atoms with van der Waals surface area (Å²) in [7, 11) is 1.65. The quantitative estimate of drug-likeness (QED) is 0.662. The molecule has 1 aliphatic rings. The molecule has 1 rings (SSSR count). The maximum absolute atomic E-state index is 11.6. The second-order valence-electron chi connectivity index (χ2n) is 4.87. The minimum atomic E-state index is -0.847. The van der Waals surface area contributed by atoms with Crippen LogP contribution in [0.1, 0.15) is 32.6 Å². The van der Waals surface area contributed by atoms with Gasteiger partial charge in [-0.25, -0.2) is 4.79 Å². The molecule has 0 aromatic heterocycles. The van der Waals surface area contributed by atoms with Crippen LogP contribution in [0.4, 0.5) is 4.79 Å². The summed E-state index contributed by atoms with van der Waals surface area (Å²) in [4.78, 5) is 22.1. The lowest BCUT2D eigenvalue weighted by molar-refractivity contribution is -0.137. The van der Waals surface area contributed by atoms with Gasteiger partial charge in [0.15, 0.2) is 0 Å². The van der Waals surface area contributed by atoms with E-state index in [9.17, 15) is 9.59 Å². The van der Waals surface area contributed by atoms with Crippen LogP contribution in [0.5, 0.6) is 0 Å². The van der Waals surface area contributed by atoms with Crippen LogP contribution in [0, 0.1) is 5.92 Å². The fraction of sp³-hybridized carbons (Fsp3) is 0.833. The standard InChI is InChI=1S/C12H22N2O4/c1-8(6-11(15)16)7-13-12(17)14-9-4-3-5-10(9)18-2/h8-10H,3-7H2,1-2H3,(H,15,16)(H2,13,14,17). The van der Waals surface area contributed by atoms with Crippen LogP contribution in [0.15, 0.2) is 0 Å². The number of carboxylic acids is 1. The molecule has 18 heavy (non-hydrogen) atoms. The smallest absolute Gasteiger partial charge is 0.315 e. The predicted molar refractivity (Wildman–Crippen MR) is 66.4 cm³/mol. The van der Waals surface area contributed by atoms with Crippen molar-refractivity contribution in [1.29, 1.82) is 0 Å². The minimum absolute atomic E-state index is 0.0599. The molecule has 0 aromatic rings. The highest BCUT2D eigenvalue weighted by Crippen LogP contribution is 2.21. The molecule has 0 aromatic carbocycles. The number of urea groups is 1. The highest BCUT2D eigenvalue weighted by atomic mass is 16.5. The van der Waals surface area contributed by atoms with E-state index in [1.165, 1.54) is 0 Å². The number of hydrogen-bond acceptors (Lipinski definition) is 3. The van der Waals surface area contributed by atoms with Crippen LogP contribution >= 0.6 is 0 Å². The van der Waals surface area contributed by atoms with Gasteiger partial charge in [0.25, 0.3) is 0 Å². The Morgan fingerprint density at radius 3 is 2.78 bits per heavy atom. The summed E-state index contributed by atoms with van der Waals surface area (Å²) in [6, 6.07) is -0.189. The number of carbonyl (C=O) groups excluding carboxylic acids is 1. The van der Waals surface area contributed by atoms with E-state index in [0.717, 1.165) is 19.3 Å². The summed E-state index contributed by atoms with van der Waals surface area (Å²) in [5.74, 6) is -0.921. The number of hydrogen-bond donors (Lipinski definition) is 3. The largest absolute Gasteiger partial charge is 0.481 e. The molecular weight excluding hydrogens is 236 g/mol. The Morgan fingerprint density at radius 1 is 1.44 bits per heavy atom. The molecule has 0 radical (unpaired) electrons. The van der Waals surface area contributed by atoms with E-state index in [4.69, 9.17) is 9.84 Å². The zero-order chi connectivity index (χ0) is 13.5. The van der Waals surface area contributed by atoms with Crippen LogP contribution < -0.4 is 10.6 Å². The van der Waals surface area contributed by atoms with Crippen LogP contribution in [-0.2, 0) is 9.53 Å². The molecule has 0 saturated heterocycles. The van der Waals surface area contributed by atoms with E-state index in [0.29, 0.717) is 6.54 Å². The molecule has 1 fully saturated rings. The fourth-order valence-electron chi connectivity index (χ4n) is 2.23. The third-order valence-electron chi connectivity index (χ3n) is 3.21. The molecule has 3 atom stereocenters. The summed E-state index contributed by atoms with van der Waals surface area (Å²) in [6.45, 7) is 2.16. The first-order valence-corrected chi connectivity index (χ1v) is 6.32. The lowest BCUT2D eigenvalue weighted by Gasteiger charge is -2.20. The van der Waals surface area contributed by atoms with Crippen molar-refractivity contribution in [3.63, 3.8) is 0 Å². The average molecular weight is 258 g/mol. The monoisotopic (exact) mass is 258 g/mol. The molecule has 6 nitrogen and oxygen atoms in total. The molecule has 1 aliphatic carbocycles. The lowest BCUT2D eigenvalue weighted by atomic mass is 10.1. The van der Waals surface area contributed by atoms with E-state index in [1.54, 1.807) is 14.0 Å². The van der Waals surface area contributed by atoms with Crippen molar-refractivity contribution in [1.82, 2.24) is 10.6 Å². The second-order valence-corrected chi connectivity index (χ2v) is 4.87. The number of ether oxygens (including phenoxy) is 1. The first kappa shape index (κ1) is 14.8. The van der Waals surface area contributed by atoms with E-state index >= 15 is 0 Å². The predicted octanol–water partition coefficient (Wildman–Crippen LogP) is 0.964. The zero-order valence-electron chi connectivity index (χ0n) is 10.9. The number of aliphatic carboxylic acids is 1. The molecule has 1 saturated carbocycles. The van der Waals surface area contributed by atoms with Gasteiger partial charge in [-0.1, -0.05) is 6.92 Å². The molecule has 6 heteroatoms. The van der Waals surface area contributed by atoms with Crippen molar-refractivity contribution in [2.75, 3.05) is 13.7 Å². The van der Waals surface area contributed by atoms with Gasteiger partial charge in [-0.05, 0) is 25.2 Å². The number of methoxy groups -OCH3 is 1. The van der Waals surface area contributed by atoms with Gasteiger partial charge in [-0.15, -0.1) is 0 Å². The Bertz CT molecular complexity index is 296. The molecule has 3 unspecified atom stereocenters. The molecule has 0 bridgehead atoms. The summed E-state index contributed by atoms with van der Waals surface area (Å²) in [5, 5.41) is 14.2. The highest BCUT2D eigenvalue weighted by Gasteiger charge is 2.28. The minimum Gasteiger partial charge on any atom is -0.481 e. The SMILES string of the molecule is COC1CCCC1NC(=O)NCC(C)CC(=O)O. The number of nitrogens with one attached hydrogen (secondary N) is 2. The average Bonchev–Trinajstić information content (AvgIpc) is 2.72. The lowest BCUT2D eigenvalue weighted by Crippen LogP contribution is -2.46. The topological polar surface area (TPSA) is 87.7 Å². The molecule has 0 spiro atoms. The van der Waals surface area contributed by atoms with Gasteiger partial charge in [-0.2, -0.15) is 0 Å². The number of carboxylic acid groups (broad SMARTS) is 1. The van der Waals surface area contributed by atoms with Gasteiger partial charge in [0.05, 0.1) is 12.1 Å². The van der Waals surface area contributed by atoms with Gasteiger partial charge < -0.3 is 20.5 Å². The third kappa shape index (κ3) is 4.91. The highest BCUT2D eigenvalue weighted by molar-refractivity contribution is 5.74. The maximum Gasteiger partial charge on any atom is 0.315 e. The normalized spacial score (nSPS) is 24.6. The van der Waals surface area contributed by atoms with Gasteiger partial charge in [0.2, 0.25) is 0 Å². The summed E-state index contributed by atoms with van der Waals surface area (Å²) >= 11 is 0. The molecule has 3 N–H and O–H groups in total. The summed E-state index contributed by atoms with van der Waals surface area (Å²) < 4.78 is 5.28. The van der Waals surface area contributed by atoms with Crippen LogP contribution in [-0.4, -0.2) is 42.9 Å². The zero-order valence-corrected chi connectivity index (χ0v) is 10.9. The molecule has 0 aliphatic heterocycles. The van der Waals surface area contributed by atoms with Crippen molar-refractivity contribution in [3.05, 3.63) is 0 Å². The van der Waals surface area contributed by atoms with Crippen molar-refractivity contribution in [2.45, 2.75) is 44.8 Å². The summed E-state index contributed by atoms with van der Waals surface area (Å²) in [6.07, 6.45) is 3.10. The number of rotatable bonds is 6. The first-order valence-electron chi connectivity index (χ1n) is 6.32. The van der Waals surface area contributed by atoms with Crippen LogP contribution in [0.3, 0.4) is 0 Å². The van der Waals surface area contributed by atoms with E-state index in [2.05, 4.69) is 10.6 Å². The van der Waals surface area contributed by atoms with Crippen LogP contribution in [0.2, 0.25) is 0 Å². The van der Waals surface area contributed by atoms with Gasteiger partial charge in [0.1, 0.15) is 0 Å². The summed E-state index contributed by atoms with van der Waals surface area (Å²) in [5.41, 5.74) is 0. The third-order valence-corrected chi connectivity index (χ3v) is 3.21. The van der Waals surface area contributed by atoms with Gasteiger partial charge in [0, 0.05) is 20.1 Å². The van der Waals surface area contributed by atoms with Crippen molar-refractivity contribution in [2.24, 2.45) is 5.92 Å². The van der Waals surface area contributed by atoms with Gasteiger partial charge in [-0.3, -0.25) is 4.79 Å². The van der Waals surface area contributed by atoms with E-state index < -0.39 is 5.97 Å². The molecule has 104 valence electrons. The molecule has 0 heterocycles. The Balaban J connectivity index is 2.23. The number of amides is 2. The molecular formula is C12H22N2O4. The van der Waals surface area contributed by atoms with Crippen molar-refractivity contribution >= 4 is 12.0 Å². The Morgan fingerprint density at radius 2 is 2.17 bits per heavy atom. The van der Waals surface area contributed by atoms with E-state index in [1.807, 2.05) is 0 Å². The fourth-order valence-corrected chi connectivity index (χ4v) is 2.23.